The summed E-state index contributed by atoms with van der Waals surface area (Å²) in [5.74, 6) is -0.156. The number of hydrogen-bond acceptors (Lipinski definition) is 5. The number of carbonyl (C=O) groups excluding carboxylic acids is 1. The van der Waals surface area contributed by atoms with Crippen LogP contribution in [0.4, 0.5) is 5.69 Å². The van der Waals surface area contributed by atoms with Crippen LogP contribution in [0.1, 0.15) is 22.8 Å². The van der Waals surface area contributed by atoms with Crippen molar-refractivity contribution in [3.63, 3.8) is 0 Å². The molecule has 21 heavy (non-hydrogen) atoms. The lowest BCUT2D eigenvalue weighted by atomic mass is 10.2. The van der Waals surface area contributed by atoms with E-state index in [1.54, 1.807) is 6.92 Å². The first-order valence-electron chi connectivity index (χ1n) is 6.40. The summed E-state index contributed by atoms with van der Waals surface area (Å²) in [6.45, 7) is 2.37. The maximum absolute atomic E-state index is 11.7. The van der Waals surface area contributed by atoms with Crippen molar-refractivity contribution in [2.24, 2.45) is 0 Å². The van der Waals surface area contributed by atoms with Gasteiger partial charge >= 0.3 is 5.97 Å². The molecule has 0 bridgehead atoms. The molecule has 2 aromatic rings. The second kappa shape index (κ2) is 7.08. The Morgan fingerprint density at radius 1 is 1.38 bits per heavy atom. The van der Waals surface area contributed by atoms with Gasteiger partial charge in [0.25, 0.3) is 0 Å². The zero-order valence-electron chi connectivity index (χ0n) is 11.5. The second-order valence-electron chi connectivity index (χ2n) is 4.25. The van der Waals surface area contributed by atoms with E-state index in [0.717, 1.165) is 10.0 Å². The summed E-state index contributed by atoms with van der Waals surface area (Å²) in [6, 6.07) is 9.23. The predicted octanol–water partition coefficient (Wildman–Crippen LogP) is 3.18. The highest BCUT2D eigenvalue weighted by atomic mass is 79.9. The molecule has 1 aromatic carbocycles. The van der Waals surface area contributed by atoms with E-state index < -0.39 is 5.97 Å². The number of rotatable bonds is 5. The van der Waals surface area contributed by atoms with E-state index in [9.17, 15) is 4.79 Å². The predicted molar refractivity (Wildman–Crippen MR) is 83.1 cm³/mol. The van der Waals surface area contributed by atoms with Crippen molar-refractivity contribution in [3.8, 4) is 5.88 Å². The summed E-state index contributed by atoms with van der Waals surface area (Å²) in [4.78, 5) is 15.8. The largest absolute Gasteiger partial charge is 0.473 e. The number of pyridine rings is 1. The van der Waals surface area contributed by atoms with E-state index in [0.29, 0.717) is 12.5 Å². The molecule has 1 aromatic heterocycles. The highest BCUT2D eigenvalue weighted by Gasteiger charge is 2.13. The Morgan fingerprint density at radius 2 is 2.19 bits per heavy atom. The van der Waals surface area contributed by atoms with Crippen LogP contribution >= 0.6 is 15.9 Å². The van der Waals surface area contributed by atoms with Gasteiger partial charge in [0.1, 0.15) is 6.61 Å². The molecular formula is C15H15BrN2O3. The van der Waals surface area contributed by atoms with Crippen LogP contribution in [0.3, 0.4) is 0 Å². The number of halogens is 1. The molecule has 5 nitrogen and oxygen atoms in total. The van der Waals surface area contributed by atoms with Gasteiger partial charge in [0, 0.05) is 10.5 Å². The van der Waals surface area contributed by atoms with Crippen LogP contribution in [-0.2, 0) is 11.3 Å². The molecule has 6 heteroatoms. The third kappa shape index (κ3) is 4.19. The van der Waals surface area contributed by atoms with Gasteiger partial charge in [-0.15, -0.1) is 0 Å². The molecule has 0 atom stereocenters. The fourth-order valence-electron chi connectivity index (χ4n) is 1.70. The van der Waals surface area contributed by atoms with Crippen molar-refractivity contribution < 1.29 is 14.3 Å². The van der Waals surface area contributed by atoms with Crippen molar-refractivity contribution >= 4 is 27.6 Å². The number of carbonyl (C=O) groups is 1. The standard InChI is InChI=1S/C15H15BrN2O3/c1-2-20-15(19)12-7-14(18-8-13(12)17)21-9-10-4-3-5-11(16)6-10/h3-8H,2,9,17H2,1H3. The van der Waals surface area contributed by atoms with Crippen molar-refractivity contribution in [3.05, 3.63) is 52.1 Å². The third-order valence-electron chi connectivity index (χ3n) is 2.68. The molecule has 0 saturated carbocycles. The molecule has 110 valence electrons. The minimum absolute atomic E-state index is 0.260. The number of nitrogens with two attached hydrogens (primary N) is 1. The van der Waals surface area contributed by atoms with E-state index in [1.807, 2.05) is 24.3 Å². The first kappa shape index (κ1) is 15.3. The van der Waals surface area contributed by atoms with Crippen molar-refractivity contribution in [1.82, 2.24) is 4.98 Å². The molecule has 0 amide bonds. The number of nitrogens with zero attached hydrogens (tertiary/aromatic N) is 1. The van der Waals surface area contributed by atoms with Gasteiger partial charge in [-0.2, -0.15) is 0 Å². The molecule has 0 aliphatic carbocycles. The Bertz CT molecular complexity index is 647. The van der Waals surface area contributed by atoms with E-state index in [-0.39, 0.29) is 17.9 Å². The number of benzene rings is 1. The molecule has 2 rings (SSSR count). The molecule has 0 radical (unpaired) electrons. The number of aromatic nitrogens is 1. The topological polar surface area (TPSA) is 74.4 Å². The molecule has 0 aliphatic rings. The number of esters is 1. The van der Waals surface area contributed by atoms with Crippen molar-refractivity contribution in [1.29, 1.82) is 0 Å². The molecule has 0 spiro atoms. The number of anilines is 1. The third-order valence-corrected chi connectivity index (χ3v) is 3.17. The molecule has 0 unspecified atom stereocenters. The maximum Gasteiger partial charge on any atom is 0.340 e. The quantitative estimate of drug-likeness (QED) is 0.838. The van der Waals surface area contributed by atoms with Gasteiger partial charge in [0.15, 0.2) is 0 Å². The highest BCUT2D eigenvalue weighted by Crippen LogP contribution is 2.19. The van der Waals surface area contributed by atoms with E-state index in [1.165, 1.54) is 12.3 Å². The number of hydrogen-bond donors (Lipinski definition) is 1. The zero-order chi connectivity index (χ0) is 15.2. The van der Waals surface area contributed by atoms with Crippen LogP contribution in [0, 0.1) is 0 Å². The Balaban J connectivity index is 2.10. The van der Waals surface area contributed by atoms with Crippen LogP contribution in [0.25, 0.3) is 0 Å². The minimum atomic E-state index is -0.482. The lowest BCUT2D eigenvalue weighted by molar-refractivity contribution is 0.0527. The van der Waals surface area contributed by atoms with Crippen LogP contribution < -0.4 is 10.5 Å². The fourth-order valence-corrected chi connectivity index (χ4v) is 2.14. The van der Waals surface area contributed by atoms with Gasteiger partial charge in [-0.25, -0.2) is 9.78 Å². The first-order chi connectivity index (χ1) is 10.1. The van der Waals surface area contributed by atoms with Crippen LogP contribution in [-0.4, -0.2) is 17.6 Å². The Kier molecular flexibility index (Phi) is 5.16. The summed E-state index contributed by atoms with van der Waals surface area (Å²) in [5, 5.41) is 0. The van der Waals surface area contributed by atoms with Crippen molar-refractivity contribution in [2.45, 2.75) is 13.5 Å². The normalized spacial score (nSPS) is 10.2. The summed E-state index contributed by atoms with van der Waals surface area (Å²) in [5.41, 5.74) is 7.24. The molecule has 1 heterocycles. The molecule has 0 saturated heterocycles. The lowest BCUT2D eigenvalue weighted by Crippen LogP contribution is -2.09. The molecule has 0 fully saturated rings. The number of nitrogen functional groups attached to an aromatic ring is 1. The average molecular weight is 351 g/mol. The van der Waals surface area contributed by atoms with Gasteiger partial charge in [-0.05, 0) is 24.6 Å². The molecule has 0 aliphatic heterocycles. The second-order valence-corrected chi connectivity index (χ2v) is 5.16. The number of ether oxygens (including phenoxy) is 2. The SMILES string of the molecule is CCOC(=O)c1cc(OCc2cccc(Br)c2)ncc1N. The lowest BCUT2D eigenvalue weighted by Gasteiger charge is -2.09. The van der Waals surface area contributed by atoms with Gasteiger partial charge in [0.2, 0.25) is 5.88 Å². The van der Waals surface area contributed by atoms with E-state index in [4.69, 9.17) is 15.2 Å². The molecule has 2 N–H and O–H groups in total. The molecular weight excluding hydrogens is 336 g/mol. The Hall–Kier alpha value is -2.08. The first-order valence-corrected chi connectivity index (χ1v) is 7.19. The van der Waals surface area contributed by atoms with Crippen molar-refractivity contribution in [2.75, 3.05) is 12.3 Å². The highest BCUT2D eigenvalue weighted by molar-refractivity contribution is 9.10. The summed E-state index contributed by atoms with van der Waals surface area (Å²) in [6.07, 6.45) is 1.39. The minimum Gasteiger partial charge on any atom is -0.473 e. The van der Waals surface area contributed by atoms with Crippen LogP contribution in [0.2, 0.25) is 0 Å². The van der Waals surface area contributed by atoms with Gasteiger partial charge < -0.3 is 15.2 Å². The smallest absolute Gasteiger partial charge is 0.340 e. The maximum atomic E-state index is 11.7. The van der Waals surface area contributed by atoms with Crippen LogP contribution in [0.15, 0.2) is 41.0 Å². The monoisotopic (exact) mass is 350 g/mol. The summed E-state index contributed by atoms with van der Waals surface area (Å²) < 4.78 is 11.5. The Morgan fingerprint density at radius 3 is 2.90 bits per heavy atom. The fraction of sp³-hybridized carbons (Fsp3) is 0.200. The van der Waals surface area contributed by atoms with E-state index in [2.05, 4.69) is 20.9 Å². The van der Waals surface area contributed by atoms with Gasteiger partial charge in [-0.3, -0.25) is 0 Å². The Labute approximate surface area is 131 Å². The van der Waals surface area contributed by atoms with Gasteiger partial charge in [-0.1, -0.05) is 28.1 Å². The average Bonchev–Trinajstić information content (AvgIpc) is 2.46. The summed E-state index contributed by atoms with van der Waals surface area (Å²) >= 11 is 3.40. The van der Waals surface area contributed by atoms with E-state index >= 15 is 0 Å². The van der Waals surface area contributed by atoms with Gasteiger partial charge in [0.05, 0.1) is 24.1 Å². The zero-order valence-corrected chi connectivity index (χ0v) is 13.1. The summed E-state index contributed by atoms with van der Waals surface area (Å²) in [7, 11) is 0. The van der Waals surface area contributed by atoms with Crippen LogP contribution in [0.5, 0.6) is 5.88 Å².